The molecule has 0 atom stereocenters. The van der Waals surface area contributed by atoms with Gasteiger partial charge in [-0.3, -0.25) is 4.79 Å². The summed E-state index contributed by atoms with van der Waals surface area (Å²) in [6, 6.07) is 5.36. The molecule has 0 spiro atoms. The summed E-state index contributed by atoms with van der Waals surface area (Å²) < 4.78 is 41.4. The number of ether oxygens (including phenoxy) is 3. The number of rotatable bonds is 7. The van der Waals surface area contributed by atoms with Crippen LogP contribution < -0.4 is 14.8 Å². The predicted octanol–water partition coefficient (Wildman–Crippen LogP) is 0.720. The fraction of sp³-hybridized carbons (Fsp3) is 0.588. The number of carbonyl (C=O) groups excluding carboxylic acids is 1. The third kappa shape index (κ3) is 4.87. The molecule has 1 aromatic rings. The first kappa shape index (κ1) is 18.9. The molecule has 1 N–H and O–H groups in total. The summed E-state index contributed by atoms with van der Waals surface area (Å²) in [5.41, 5.74) is 0.801. The summed E-state index contributed by atoms with van der Waals surface area (Å²) in [5.74, 6) is 1.18. The smallest absolute Gasteiger partial charge is 0.231 e. The van der Waals surface area contributed by atoms with E-state index in [0.29, 0.717) is 37.6 Å². The summed E-state index contributed by atoms with van der Waals surface area (Å²) in [5, 5.41) is 2.84. The Bertz CT molecular complexity index is 746. The van der Waals surface area contributed by atoms with Crippen molar-refractivity contribution in [3.8, 4) is 11.5 Å². The molecular formula is C17H24N2O6S. The molecule has 0 saturated carbocycles. The highest BCUT2D eigenvalue weighted by Gasteiger charge is 2.23. The zero-order valence-electron chi connectivity index (χ0n) is 14.8. The minimum absolute atomic E-state index is 0.0372. The summed E-state index contributed by atoms with van der Waals surface area (Å²) in [6.45, 7) is 2.06. The van der Waals surface area contributed by atoms with Gasteiger partial charge in [-0.25, -0.2) is 8.42 Å². The Morgan fingerprint density at radius 1 is 1.23 bits per heavy atom. The SMILES string of the molecule is CS(=O)(=O)N(CCNC(=O)C1CCOCC1)Cc1ccc2c(c1)OCO2. The molecule has 0 bridgehead atoms. The number of carbonyl (C=O) groups is 1. The van der Waals surface area contributed by atoms with Crippen LogP contribution in [0.1, 0.15) is 18.4 Å². The van der Waals surface area contributed by atoms with Crippen LogP contribution in [0.15, 0.2) is 18.2 Å². The van der Waals surface area contributed by atoms with E-state index in [4.69, 9.17) is 14.2 Å². The molecule has 2 heterocycles. The van der Waals surface area contributed by atoms with Crippen molar-refractivity contribution in [1.82, 2.24) is 9.62 Å². The van der Waals surface area contributed by atoms with Crippen LogP contribution in [-0.4, -0.2) is 58.0 Å². The predicted molar refractivity (Wildman–Crippen MR) is 94.4 cm³/mol. The van der Waals surface area contributed by atoms with Crippen LogP contribution >= 0.6 is 0 Å². The number of nitrogens with zero attached hydrogens (tertiary/aromatic N) is 1. The Hall–Kier alpha value is -1.84. The van der Waals surface area contributed by atoms with Crippen LogP contribution in [-0.2, 0) is 26.1 Å². The van der Waals surface area contributed by atoms with E-state index in [-0.39, 0.29) is 38.3 Å². The maximum absolute atomic E-state index is 12.2. The highest BCUT2D eigenvalue weighted by atomic mass is 32.2. The minimum Gasteiger partial charge on any atom is -0.454 e. The summed E-state index contributed by atoms with van der Waals surface area (Å²) in [6.07, 6.45) is 2.58. The molecule has 2 aliphatic rings. The van der Waals surface area contributed by atoms with Gasteiger partial charge < -0.3 is 19.5 Å². The molecule has 0 radical (unpaired) electrons. The number of hydrogen-bond donors (Lipinski definition) is 1. The molecular weight excluding hydrogens is 360 g/mol. The number of sulfonamides is 1. The largest absolute Gasteiger partial charge is 0.454 e. The Balaban J connectivity index is 1.55. The molecule has 1 saturated heterocycles. The number of hydrogen-bond acceptors (Lipinski definition) is 6. The maximum Gasteiger partial charge on any atom is 0.231 e. The molecule has 8 nitrogen and oxygen atoms in total. The van der Waals surface area contributed by atoms with E-state index < -0.39 is 10.0 Å². The van der Waals surface area contributed by atoms with Gasteiger partial charge in [0.1, 0.15) is 0 Å². The maximum atomic E-state index is 12.2. The van der Waals surface area contributed by atoms with E-state index in [2.05, 4.69) is 5.32 Å². The lowest BCUT2D eigenvalue weighted by atomic mass is 9.99. The van der Waals surface area contributed by atoms with Crippen molar-refractivity contribution >= 4 is 15.9 Å². The van der Waals surface area contributed by atoms with Gasteiger partial charge in [-0.2, -0.15) is 4.31 Å². The van der Waals surface area contributed by atoms with Gasteiger partial charge >= 0.3 is 0 Å². The van der Waals surface area contributed by atoms with Crippen LogP contribution in [0.5, 0.6) is 11.5 Å². The third-order valence-corrected chi connectivity index (χ3v) is 5.77. The van der Waals surface area contributed by atoms with Crippen LogP contribution in [0.25, 0.3) is 0 Å². The first-order chi connectivity index (χ1) is 12.4. The average Bonchev–Trinajstić information content (AvgIpc) is 3.08. The van der Waals surface area contributed by atoms with Gasteiger partial charge in [-0.1, -0.05) is 6.07 Å². The van der Waals surface area contributed by atoms with Gasteiger partial charge in [-0.05, 0) is 30.5 Å². The van der Waals surface area contributed by atoms with E-state index in [1.54, 1.807) is 12.1 Å². The average molecular weight is 384 g/mol. The quantitative estimate of drug-likeness (QED) is 0.744. The van der Waals surface area contributed by atoms with Crippen molar-refractivity contribution < 1.29 is 27.4 Å². The lowest BCUT2D eigenvalue weighted by Crippen LogP contribution is -2.40. The first-order valence-corrected chi connectivity index (χ1v) is 10.5. The first-order valence-electron chi connectivity index (χ1n) is 8.62. The second kappa shape index (κ2) is 8.24. The fourth-order valence-corrected chi connectivity index (χ4v) is 3.82. The van der Waals surface area contributed by atoms with Crippen LogP contribution in [0, 0.1) is 5.92 Å². The van der Waals surface area contributed by atoms with Gasteiger partial charge in [0.05, 0.1) is 6.26 Å². The van der Waals surface area contributed by atoms with E-state index >= 15 is 0 Å². The van der Waals surface area contributed by atoms with Gasteiger partial charge in [0.25, 0.3) is 0 Å². The van der Waals surface area contributed by atoms with E-state index in [1.807, 2.05) is 6.07 Å². The standard InChI is InChI=1S/C17H24N2O6S/c1-26(21,22)19(7-6-18-17(20)14-4-8-23-9-5-14)11-13-2-3-15-16(10-13)25-12-24-15/h2-3,10,14H,4-9,11-12H2,1H3,(H,18,20). The second-order valence-corrected chi connectivity index (χ2v) is 8.44. The molecule has 0 aromatic heterocycles. The molecule has 2 aliphatic heterocycles. The van der Waals surface area contributed by atoms with Crippen LogP contribution in [0.3, 0.4) is 0 Å². The van der Waals surface area contributed by atoms with Crippen molar-refractivity contribution in [2.45, 2.75) is 19.4 Å². The van der Waals surface area contributed by atoms with Crippen molar-refractivity contribution in [1.29, 1.82) is 0 Å². The second-order valence-electron chi connectivity index (χ2n) is 6.46. The molecule has 9 heteroatoms. The molecule has 144 valence electrons. The lowest BCUT2D eigenvalue weighted by Gasteiger charge is -2.23. The molecule has 1 amide bonds. The fourth-order valence-electron chi connectivity index (χ4n) is 3.01. The Labute approximate surface area is 153 Å². The van der Waals surface area contributed by atoms with Crippen molar-refractivity contribution in [3.63, 3.8) is 0 Å². The number of amides is 1. The Kier molecular flexibility index (Phi) is 6.00. The molecule has 26 heavy (non-hydrogen) atoms. The molecule has 0 unspecified atom stereocenters. The Morgan fingerprint density at radius 2 is 1.96 bits per heavy atom. The molecule has 1 aromatic carbocycles. The Morgan fingerprint density at radius 3 is 2.69 bits per heavy atom. The zero-order valence-corrected chi connectivity index (χ0v) is 15.6. The monoisotopic (exact) mass is 384 g/mol. The normalized spacial score (nSPS) is 17.5. The van der Waals surface area contributed by atoms with Crippen molar-refractivity contribution in [2.24, 2.45) is 5.92 Å². The lowest BCUT2D eigenvalue weighted by molar-refractivity contribution is -0.127. The summed E-state index contributed by atoms with van der Waals surface area (Å²) in [7, 11) is -3.41. The van der Waals surface area contributed by atoms with Crippen molar-refractivity contribution in [3.05, 3.63) is 23.8 Å². The highest BCUT2D eigenvalue weighted by molar-refractivity contribution is 7.88. The molecule has 0 aliphatic carbocycles. The van der Waals surface area contributed by atoms with Crippen LogP contribution in [0.4, 0.5) is 0 Å². The van der Waals surface area contributed by atoms with Crippen molar-refractivity contribution in [2.75, 3.05) is 39.4 Å². The third-order valence-electron chi connectivity index (χ3n) is 4.52. The van der Waals surface area contributed by atoms with Crippen LogP contribution in [0.2, 0.25) is 0 Å². The van der Waals surface area contributed by atoms with Gasteiger partial charge in [0, 0.05) is 38.8 Å². The summed E-state index contributed by atoms with van der Waals surface area (Å²) >= 11 is 0. The molecule has 1 fully saturated rings. The van der Waals surface area contributed by atoms with E-state index in [1.165, 1.54) is 10.6 Å². The number of benzene rings is 1. The number of fused-ring (bicyclic) bond motifs is 1. The highest BCUT2D eigenvalue weighted by Crippen LogP contribution is 2.32. The topological polar surface area (TPSA) is 94.2 Å². The summed E-state index contributed by atoms with van der Waals surface area (Å²) in [4.78, 5) is 12.2. The van der Waals surface area contributed by atoms with E-state index in [9.17, 15) is 13.2 Å². The number of nitrogens with one attached hydrogen (secondary N) is 1. The van der Waals surface area contributed by atoms with Gasteiger partial charge in [0.2, 0.25) is 22.7 Å². The van der Waals surface area contributed by atoms with Gasteiger partial charge in [0.15, 0.2) is 11.5 Å². The molecule has 3 rings (SSSR count). The zero-order chi connectivity index (χ0) is 18.6. The van der Waals surface area contributed by atoms with Gasteiger partial charge in [-0.15, -0.1) is 0 Å². The minimum atomic E-state index is -3.41. The van der Waals surface area contributed by atoms with E-state index in [0.717, 1.165) is 5.56 Å².